The van der Waals surface area contributed by atoms with E-state index in [2.05, 4.69) is 10.6 Å². The van der Waals surface area contributed by atoms with E-state index in [0.29, 0.717) is 5.69 Å². The molecule has 0 fully saturated rings. The van der Waals surface area contributed by atoms with Crippen LogP contribution in [0.4, 0.5) is 10.1 Å². The number of halogens is 1. The van der Waals surface area contributed by atoms with Crippen molar-refractivity contribution < 1.29 is 18.4 Å². The predicted molar refractivity (Wildman–Crippen MR) is 95.1 cm³/mol. The van der Waals surface area contributed by atoms with Crippen LogP contribution in [-0.4, -0.2) is 17.9 Å². The Morgan fingerprint density at radius 1 is 1.00 bits per heavy atom. The van der Waals surface area contributed by atoms with Crippen molar-refractivity contribution in [2.24, 2.45) is 0 Å². The van der Waals surface area contributed by atoms with Gasteiger partial charge in [0.1, 0.15) is 11.9 Å². The molecule has 1 atom stereocenters. The van der Waals surface area contributed by atoms with Crippen LogP contribution in [0.2, 0.25) is 0 Å². The average molecular weight is 352 g/mol. The van der Waals surface area contributed by atoms with Crippen LogP contribution in [0.3, 0.4) is 0 Å². The Bertz CT molecular complexity index is 879. The highest BCUT2D eigenvalue weighted by molar-refractivity contribution is 6.00. The van der Waals surface area contributed by atoms with Crippen LogP contribution in [0.1, 0.15) is 16.1 Å². The van der Waals surface area contributed by atoms with Gasteiger partial charge in [-0.05, 0) is 35.9 Å². The van der Waals surface area contributed by atoms with Crippen LogP contribution in [0, 0.1) is 5.82 Å². The van der Waals surface area contributed by atoms with Crippen molar-refractivity contribution in [1.82, 2.24) is 5.32 Å². The molecule has 3 rings (SSSR count). The van der Waals surface area contributed by atoms with Gasteiger partial charge in [0.05, 0.1) is 6.26 Å². The van der Waals surface area contributed by atoms with Gasteiger partial charge in [-0.25, -0.2) is 4.39 Å². The molecule has 6 heteroatoms. The van der Waals surface area contributed by atoms with Gasteiger partial charge < -0.3 is 15.1 Å². The van der Waals surface area contributed by atoms with E-state index in [9.17, 15) is 14.0 Å². The van der Waals surface area contributed by atoms with Gasteiger partial charge >= 0.3 is 0 Å². The molecular weight excluding hydrogens is 335 g/mol. The maximum Gasteiger partial charge on any atom is 0.287 e. The first-order valence-corrected chi connectivity index (χ1v) is 8.06. The normalized spacial score (nSPS) is 11.6. The molecule has 2 amide bonds. The second kappa shape index (κ2) is 8.11. The summed E-state index contributed by atoms with van der Waals surface area (Å²) in [7, 11) is 0. The number of benzene rings is 2. The molecule has 0 bridgehead atoms. The van der Waals surface area contributed by atoms with E-state index in [1.54, 1.807) is 12.1 Å². The molecule has 2 aromatic carbocycles. The molecular formula is C20H17FN2O3. The van der Waals surface area contributed by atoms with Crippen molar-refractivity contribution >= 4 is 17.5 Å². The van der Waals surface area contributed by atoms with Gasteiger partial charge in [0.25, 0.3) is 5.91 Å². The predicted octanol–water partition coefficient (Wildman–Crippen LogP) is 3.40. The Kier molecular flexibility index (Phi) is 5.43. The summed E-state index contributed by atoms with van der Waals surface area (Å²) in [5.74, 6) is -1.28. The van der Waals surface area contributed by atoms with Crippen molar-refractivity contribution in [1.29, 1.82) is 0 Å². The number of rotatable bonds is 6. The molecule has 0 aliphatic heterocycles. The molecule has 0 spiro atoms. The minimum atomic E-state index is -0.849. The van der Waals surface area contributed by atoms with E-state index in [0.717, 1.165) is 5.56 Å². The van der Waals surface area contributed by atoms with Gasteiger partial charge in [-0.2, -0.15) is 0 Å². The molecule has 3 aromatic rings. The first-order chi connectivity index (χ1) is 12.6. The maximum absolute atomic E-state index is 13.3. The topological polar surface area (TPSA) is 71.3 Å². The molecule has 0 saturated carbocycles. The number of furan rings is 1. The third-order valence-electron chi connectivity index (χ3n) is 3.74. The van der Waals surface area contributed by atoms with Crippen LogP contribution >= 0.6 is 0 Å². The van der Waals surface area contributed by atoms with Gasteiger partial charge in [-0.3, -0.25) is 9.59 Å². The van der Waals surface area contributed by atoms with Crippen LogP contribution in [0.25, 0.3) is 0 Å². The molecule has 0 aliphatic rings. The summed E-state index contributed by atoms with van der Waals surface area (Å²) in [4.78, 5) is 24.9. The fourth-order valence-electron chi connectivity index (χ4n) is 2.49. The van der Waals surface area contributed by atoms with Crippen LogP contribution < -0.4 is 10.6 Å². The molecule has 1 heterocycles. The molecule has 0 aliphatic carbocycles. The van der Waals surface area contributed by atoms with Crippen molar-refractivity contribution in [3.63, 3.8) is 0 Å². The Labute approximate surface area is 149 Å². The highest BCUT2D eigenvalue weighted by Crippen LogP contribution is 2.12. The monoisotopic (exact) mass is 352 g/mol. The van der Waals surface area contributed by atoms with E-state index in [1.165, 1.54) is 30.5 Å². The number of hydrogen-bond acceptors (Lipinski definition) is 3. The van der Waals surface area contributed by atoms with Crippen molar-refractivity contribution in [3.8, 4) is 0 Å². The Morgan fingerprint density at radius 3 is 2.50 bits per heavy atom. The quantitative estimate of drug-likeness (QED) is 0.714. The van der Waals surface area contributed by atoms with Crippen molar-refractivity contribution in [3.05, 3.63) is 90.1 Å². The third kappa shape index (κ3) is 4.57. The second-order valence-corrected chi connectivity index (χ2v) is 5.69. The highest BCUT2D eigenvalue weighted by atomic mass is 19.1. The molecule has 5 nitrogen and oxygen atoms in total. The largest absolute Gasteiger partial charge is 0.459 e. The van der Waals surface area contributed by atoms with Crippen LogP contribution in [0.15, 0.2) is 77.4 Å². The number of anilines is 1. The zero-order chi connectivity index (χ0) is 18.4. The Balaban J connectivity index is 1.77. The molecule has 0 unspecified atom stereocenters. The lowest BCUT2D eigenvalue weighted by molar-refractivity contribution is -0.118. The minimum absolute atomic E-state index is 0.113. The highest BCUT2D eigenvalue weighted by Gasteiger charge is 2.23. The third-order valence-corrected chi connectivity index (χ3v) is 3.74. The summed E-state index contributed by atoms with van der Waals surface area (Å²) < 4.78 is 18.4. The maximum atomic E-state index is 13.3. The summed E-state index contributed by atoms with van der Waals surface area (Å²) in [6, 6.07) is 17.1. The summed E-state index contributed by atoms with van der Waals surface area (Å²) in [5, 5.41) is 5.29. The molecule has 2 N–H and O–H groups in total. The van der Waals surface area contributed by atoms with Crippen LogP contribution in [0.5, 0.6) is 0 Å². The number of carbonyl (C=O) groups is 2. The lowest BCUT2D eigenvalue weighted by Crippen LogP contribution is -2.45. The van der Waals surface area contributed by atoms with Crippen LogP contribution in [-0.2, 0) is 11.2 Å². The van der Waals surface area contributed by atoms with Crippen molar-refractivity contribution in [2.75, 3.05) is 5.32 Å². The standard InChI is InChI=1S/C20H17FN2O3/c21-15-8-4-9-16(13-15)22-19(24)17(12-14-6-2-1-3-7-14)23-20(25)18-10-5-11-26-18/h1-11,13,17H,12H2,(H,22,24)(H,23,25)/t17-/m0/s1. The van der Waals surface area contributed by atoms with E-state index in [4.69, 9.17) is 4.42 Å². The first-order valence-electron chi connectivity index (χ1n) is 8.06. The van der Waals surface area contributed by atoms with Gasteiger partial charge in [0.2, 0.25) is 5.91 Å². The molecule has 1 aromatic heterocycles. The lowest BCUT2D eigenvalue weighted by Gasteiger charge is -2.18. The summed E-state index contributed by atoms with van der Waals surface area (Å²) >= 11 is 0. The van der Waals surface area contributed by atoms with Gasteiger partial charge in [0, 0.05) is 12.1 Å². The van der Waals surface area contributed by atoms with Gasteiger partial charge in [-0.15, -0.1) is 0 Å². The summed E-state index contributed by atoms with van der Waals surface area (Å²) in [6.45, 7) is 0. The molecule has 132 valence electrons. The van der Waals surface area contributed by atoms with Gasteiger partial charge in [-0.1, -0.05) is 36.4 Å². The van der Waals surface area contributed by atoms with E-state index in [-0.39, 0.29) is 12.2 Å². The summed E-state index contributed by atoms with van der Waals surface area (Å²) in [5.41, 5.74) is 1.20. The fourth-order valence-corrected chi connectivity index (χ4v) is 2.49. The van der Waals surface area contributed by atoms with Crippen molar-refractivity contribution in [2.45, 2.75) is 12.5 Å². The number of nitrogens with one attached hydrogen (secondary N) is 2. The van der Waals surface area contributed by atoms with E-state index < -0.39 is 23.7 Å². The SMILES string of the molecule is O=C(N[C@@H](Cc1ccccc1)C(=O)Nc1cccc(F)c1)c1ccco1. The molecule has 0 saturated heterocycles. The Morgan fingerprint density at radius 2 is 1.81 bits per heavy atom. The second-order valence-electron chi connectivity index (χ2n) is 5.69. The zero-order valence-corrected chi connectivity index (χ0v) is 13.8. The lowest BCUT2D eigenvalue weighted by atomic mass is 10.0. The van der Waals surface area contributed by atoms with E-state index >= 15 is 0 Å². The number of hydrogen-bond donors (Lipinski definition) is 2. The summed E-state index contributed by atoms with van der Waals surface area (Å²) in [6.07, 6.45) is 1.67. The first kappa shape index (κ1) is 17.4. The average Bonchev–Trinajstić information content (AvgIpc) is 3.17. The smallest absolute Gasteiger partial charge is 0.287 e. The van der Waals surface area contributed by atoms with E-state index in [1.807, 2.05) is 30.3 Å². The Hall–Kier alpha value is -3.41. The molecule has 26 heavy (non-hydrogen) atoms. The fraction of sp³-hybridized carbons (Fsp3) is 0.100. The van der Waals surface area contributed by atoms with Gasteiger partial charge in [0.15, 0.2) is 5.76 Å². The number of amides is 2. The zero-order valence-electron chi connectivity index (χ0n) is 13.8. The minimum Gasteiger partial charge on any atom is -0.459 e. The number of carbonyl (C=O) groups excluding carboxylic acids is 2. The molecule has 0 radical (unpaired) electrons.